The van der Waals surface area contributed by atoms with Crippen molar-refractivity contribution in [3.05, 3.63) is 35.9 Å². The van der Waals surface area contributed by atoms with Crippen LogP contribution in [0, 0.1) is 0 Å². The molecule has 4 rings (SSSR count). The fourth-order valence-corrected chi connectivity index (χ4v) is 4.98. The highest BCUT2D eigenvalue weighted by atomic mass is 16.8. The van der Waals surface area contributed by atoms with Crippen LogP contribution in [0.25, 0.3) is 0 Å². The number of fused-ring (bicyclic) bond motifs is 1. The summed E-state index contributed by atoms with van der Waals surface area (Å²) < 4.78 is 47.2. The first kappa shape index (κ1) is 30.8. The van der Waals surface area contributed by atoms with Crippen molar-refractivity contribution in [3.8, 4) is 0 Å². The van der Waals surface area contributed by atoms with Gasteiger partial charge in [-0.15, -0.1) is 0 Å². The molecule has 3 N–H and O–H groups in total. The molecule has 40 heavy (non-hydrogen) atoms. The van der Waals surface area contributed by atoms with Gasteiger partial charge < -0.3 is 53.4 Å². The number of rotatable bonds is 10. The molecule has 0 spiro atoms. The summed E-state index contributed by atoms with van der Waals surface area (Å²) in [5.41, 5.74) is 0.758. The number of hydrogen-bond donors (Lipinski definition) is 3. The fraction of sp³-hybridized carbons (Fsp3) is 0.704. The molecule has 0 aliphatic carbocycles. The van der Waals surface area contributed by atoms with E-state index in [9.17, 15) is 19.8 Å². The Labute approximate surface area is 232 Å². The summed E-state index contributed by atoms with van der Waals surface area (Å²) in [7, 11) is 0. The summed E-state index contributed by atoms with van der Waals surface area (Å²) in [6.45, 7) is 8.69. The van der Waals surface area contributed by atoms with E-state index in [0.717, 1.165) is 5.56 Å². The molecule has 3 aliphatic heterocycles. The molecule has 0 bridgehead atoms. The molecule has 0 aromatic heterocycles. The Kier molecular flexibility index (Phi) is 10.5. The first-order chi connectivity index (χ1) is 19.1. The zero-order valence-corrected chi connectivity index (χ0v) is 23.2. The van der Waals surface area contributed by atoms with Crippen molar-refractivity contribution in [3.63, 3.8) is 0 Å². The molecule has 11 atom stereocenters. The molecule has 1 aromatic carbocycles. The number of nitrogens with one attached hydrogen (secondary N) is 1. The van der Waals surface area contributed by atoms with Gasteiger partial charge in [-0.05, 0) is 27.7 Å². The second-order valence-electron chi connectivity index (χ2n) is 10.5. The van der Waals surface area contributed by atoms with Crippen LogP contribution in [0.2, 0.25) is 0 Å². The molecule has 5 unspecified atom stereocenters. The zero-order chi connectivity index (χ0) is 29.0. The summed E-state index contributed by atoms with van der Waals surface area (Å²) in [5.74, 6) is -0.387. The average molecular weight is 570 g/mol. The summed E-state index contributed by atoms with van der Waals surface area (Å²) in [5, 5.41) is 24.7. The minimum atomic E-state index is -1.61. The maximum Gasteiger partial charge on any atom is 0.295 e. The summed E-state index contributed by atoms with van der Waals surface area (Å²) >= 11 is 0. The third kappa shape index (κ3) is 7.16. The minimum absolute atomic E-state index is 0.118. The van der Waals surface area contributed by atoms with E-state index < -0.39 is 67.8 Å². The predicted octanol–water partition coefficient (Wildman–Crippen LogP) is 0.511. The summed E-state index contributed by atoms with van der Waals surface area (Å²) in [4.78, 5) is 23.5. The molecule has 0 radical (unpaired) electrons. The Morgan fingerprint density at radius 1 is 0.950 bits per heavy atom. The molecule has 3 heterocycles. The lowest BCUT2D eigenvalue weighted by Gasteiger charge is -2.51. The molecule has 224 valence electrons. The van der Waals surface area contributed by atoms with E-state index in [4.69, 9.17) is 37.9 Å². The van der Waals surface area contributed by atoms with Crippen LogP contribution < -0.4 is 5.32 Å². The van der Waals surface area contributed by atoms with Gasteiger partial charge in [0.15, 0.2) is 18.9 Å². The number of carbonyl (C=O) groups is 2. The summed E-state index contributed by atoms with van der Waals surface area (Å²) in [6, 6.07) is 8.35. The third-order valence-electron chi connectivity index (χ3n) is 6.60. The maximum atomic E-state index is 12.3. The lowest BCUT2D eigenvalue weighted by Crippen LogP contribution is -2.69. The van der Waals surface area contributed by atoms with Gasteiger partial charge in [0.2, 0.25) is 12.2 Å². The number of amides is 1. The number of aliphatic hydroxyl groups excluding tert-OH is 2. The first-order valence-electron chi connectivity index (χ1n) is 13.4. The zero-order valence-electron chi connectivity index (χ0n) is 23.2. The minimum Gasteiger partial charge on any atom is -0.435 e. The van der Waals surface area contributed by atoms with Gasteiger partial charge in [-0.3, -0.25) is 9.59 Å². The Morgan fingerprint density at radius 2 is 1.65 bits per heavy atom. The van der Waals surface area contributed by atoms with Crippen LogP contribution in [0.5, 0.6) is 0 Å². The average Bonchev–Trinajstić information content (AvgIpc) is 2.90. The van der Waals surface area contributed by atoms with E-state index in [1.54, 1.807) is 13.8 Å². The second kappa shape index (κ2) is 13.6. The first-order valence-corrected chi connectivity index (χ1v) is 13.4. The van der Waals surface area contributed by atoms with Crippen molar-refractivity contribution < 1.29 is 57.7 Å². The van der Waals surface area contributed by atoms with Crippen molar-refractivity contribution in [2.24, 2.45) is 0 Å². The fourth-order valence-electron chi connectivity index (χ4n) is 4.98. The van der Waals surface area contributed by atoms with Gasteiger partial charge in [-0.1, -0.05) is 30.3 Å². The van der Waals surface area contributed by atoms with Crippen LogP contribution in [-0.4, -0.2) is 103 Å². The number of ether oxygens (including phenoxy) is 8. The standard InChI is InChI=1S/C27H39NO12/c1-13(2)35-23-19(31)20(32)26(40-27(23)34-12-29)39-22-18(28-15(5)30)25(36-14(3)4)37-17-11-33-24(38-21(17)22)16-9-7-6-8-10-16/h6-10,12-14,17-27,31-32H,11H2,1-5H3,(H,28,30)/t17?,18?,19-,20?,21+,22-,23+,24?,25-,26-,27?/m1/s1. The van der Waals surface area contributed by atoms with Crippen molar-refractivity contribution in [2.75, 3.05) is 6.61 Å². The predicted molar refractivity (Wildman–Crippen MR) is 135 cm³/mol. The number of hydrogen-bond acceptors (Lipinski definition) is 12. The smallest absolute Gasteiger partial charge is 0.295 e. The van der Waals surface area contributed by atoms with Crippen molar-refractivity contribution >= 4 is 12.4 Å². The van der Waals surface area contributed by atoms with Gasteiger partial charge in [0, 0.05) is 12.5 Å². The van der Waals surface area contributed by atoms with Gasteiger partial charge in [-0.25, -0.2) is 0 Å². The van der Waals surface area contributed by atoms with Crippen LogP contribution >= 0.6 is 0 Å². The van der Waals surface area contributed by atoms with Gasteiger partial charge in [0.1, 0.15) is 42.7 Å². The quantitative estimate of drug-likeness (QED) is 0.336. The highest BCUT2D eigenvalue weighted by Crippen LogP contribution is 2.38. The van der Waals surface area contributed by atoms with Crippen LogP contribution in [-0.2, 0) is 47.5 Å². The Morgan fingerprint density at radius 3 is 2.27 bits per heavy atom. The van der Waals surface area contributed by atoms with Crippen LogP contribution in [0.1, 0.15) is 46.5 Å². The van der Waals surface area contributed by atoms with E-state index >= 15 is 0 Å². The lowest BCUT2D eigenvalue weighted by atomic mass is 9.94. The second-order valence-corrected chi connectivity index (χ2v) is 10.5. The topological polar surface area (TPSA) is 160 Å². The van der Waals surface area contributed by atoms with Crippen LogP contribution in [0.4, 0.5) is 0 Å². The van der Waals surface area contributed by atoms with E-state index in [1.165, 1.54) is 6.92 Å². The largest absolute Gasteiger partial charge is 0.435 e. The molecule has 1 amide bonds. The molecule has 3 saturated heterocycles. The van der Waals surface area contributed by atoms with E-state index in [0.29, 0.717) is 0 Å². The molecule has 1 aromatic rings. The van der Waals surface area contributed by atoms with Crippen molar-refractivity contribution in [1.82, 2.24) is 5.32 Å². The molecule has 0 saturated carbocycles. The van der Waals surface area contributed by atoms with Crippen LogP contribution in [0.3, 0.4) is 0 Å². The number of benzene rings is 1. The highest BCUT2D eigenvalue weighted by Gasteiger charge is 2.55. The number of aliphatic hydroxyl groups is 2. The molecule has 3 aliphatic rings. The van der Waals surface area contributed by atoms with Crippen molar-refractivity contribution in [2.45, 2.75) is 115 Å². The molecule has 13 nitrogen and oxygen atoms in total. The van der Waals surface area contributed by atoms with Gasteiger partial charge >= 0.3 is 0 Å². The normalized spacial score (nSPS) is 38.1. The van der Waals surface area contributed by atoms with E-state index in [2.05, 4.69) is 5.32 Å². The van der Waals surface area contributed by atoms with Crippen LogP contribution in [0.15, 0.2) is 30.3 Å². The van der Waals surface area contributed by atoms with Gasteiger partial charge in [0.25, 0.3) is 6.47 Å². The molecular formula is C27H39NO12. The Balaban J connectivity index is 1.65. The molecule has 3 fully saturated rings. The van der Waals surface area contributed by atoms with E-state index in [-0.39, 0.29) is 31.2 Å². The summed E-state index contributed by atoms with van der Waals surface area (Å²) in [6.07, 6.45) is -12.1. The number of carbonyl (C=O) groups excluding carboxylic acids is 2. The Bertz CT molecular complexity index is 964. The lowest BCUT2D eigenvalue weighted by molar-refractivity contribution is -0.393. The van der Waals surface area contributed by atoms with Gasteiger partial charge in [-0.2, -0.15) is 0 Å². The Hall–Kier alpha value is -2.20. The third-order valence-corrected chi connectivity index (χ3v) is 6.60. The van der Waals surface area contributed by atoms with Crippen molar-refractivity contribution in [1.29, 1.82) is 0 Å². The highest BCUT2D eigenvalue weighted by molar-refractivity contribution is 5.73. The molecule has 13 heteroatoms. The SMILES string of the molecule is CC(=O)NC1[C@H](OC(C)C)OC2COC(c3ccccc3)O[C@@H]2[C@@H]1O[C@@H]1OC(OC=O)[C@@H](OC(C)C)[C@H](O)C1O. The maximum absolute atomic E-state index is 12.3. The monoisotopic (exact) mass is 569 g/mol. The van der Waals surface area contributed by atoms with Gasteiger partial charge in [0.05, 0.1) is 18.8 Å². The molecular weight excluding hydrogens is 530 g/mol. The van der Waals surface area contributed by atoms with E-state index in [1.807, 2.05) is 44.2 Å².